The number of nitrogens with zero attached hydrogens (tertiary/aromatic N) is 1. The fraction of sp³-hybridized carbons (Fsp3) is 0.308. The van der Waals surface area contributed by atoms with E-state index in [1.807, 2.05) is 6.07 Å². The molecular weight excluding hydrogens is 314 g/mol. The number of methoxy groups -OCH3 is 3. The average molecular weight is 328 g/mol. The van der Waals surface area contributed by atoms with Gasteiger partial charge in [-0.05, 0) is 0 Å². The molecule has 19 heavy (non-hydrogen) atoms. The van der Waals surface area contributed by atoms with Crippen LogP contribution in [0.25, 0.3) is 11.3 Å². The van der Waals surface area contributed by atoms with E-state index in [1.54, 1.807) is 33.5 Å². The molecule has 0 fully saturated rings. The highest BCUT2D eigenvalue weighted by Gasteiger charge is 2.18. The monoisotopic (exact) mass is 327 g/mol. The lowest BCUT2D eigenvalue weighted by atomic mass is 10.1. The van der Waals surface area contributed by atoms with Gasteiger partial charge >= 0.3 is 0 Å². The summed E-state index contributed by atoms with van der Waals surface area (Å²) in [5.41, 5.74) is 1.40. The second-order valence-electron chi connectivity index (χ2n) is 3.72. The Morgan fingerprint density at radius 2 is 1.68 bits per heavy atom. The van der Waals surface area contributed by atoms with Crippen molar-refractivity contribution in [1.29, 1.82) is 0 Å². The molecule has 0 aliphatic rings. The van der Waals surface area contributed by atoms with Crippen molar-refractivity contribution in [3.63, 3.8) is 0 Å². The van der Waals surface area contributed by atoms with E-state index in [9.17, 15) is 0 Å². The predicted molar refractivity (Wildman–Crippen MR) is 74.2 cm³/mol. The normalized spacial score (nSPS) is 10.3. The molecule has 0 bridgehead atoms. The zero-order valence-electron chi connectivity index (χ0n) is 10.9. The maximum absolute atomic E-state index is 5.37. The number of benzene rings is 1. The molecule has 6 heteroatoms. The fourth-order valence-electron chi connectivity index (χ4n) is 1.75. The molecule has 0 atom stereocenters. The molecule has 0 unspecified atom stereocenters. The van der Waals surface area contributed by atoms with Gasteiger partial charge in [0, 0.05) is 18.2 Å². The summed E-state index contributed by atoms with van der Waals surface area (Å²) >= 11 is 3.32. The molecule has 5 nitrogen and oxygen atoms in total. The van der Waals surface area contributed by atoms with E-state index in [4.69, 9.17) is 18.7 Å². The van der Waals surface area contributed by atoms with Crippen molar-refractivity contribution in [2.24, 2.45) is 0 Å². The second kappa shape index (κ2) is 5.97. The van der Waals surface area contributed by atoms with E-state index in [1.165, 1.54) is 0 Å². The molecule has 0 radical (unpaired) electrons. The largest absolute Gasteiger partial charge is 0.496 e. The molecule has 2 aromatic rings. The average Bonchev–Trinajstić information content (AvgIpc) is 2.94. The van der Waals surface area contributed by atoms with Crippen LogP contribution in [0, 0.1) is 0 Å². The van der Waals surface area contributed by atoms with E-state index in [0.717, 1.165) is 11.3 Å². The molecule has 0 amide bonds. The molecule has 0 saturated carbocycles. The van der Waals surface area contributed by atoms with Crippen molar-refractivity contribution in [1.82, 2.24) is 5.16 Å². The van der Waals surface area contributed by atoms with E-state index in [-0.39, 0.29) is 0 Å². The predicted octanol–water partition coefficient (Wildman–Crippen LogP) is 3.26. The zero-order valence-corrected chi connectivity index (χ0v) is 12.5. The van der Waals surface area contributed by atoms with Crippen LogP contribution in [0.15, 0.2) is 22.7 Å². The highest BCUT2D eigenvalue weighted by atomic mass is 79.9. The first-order valence-electron chi connectivity index (χ1n) is 5.55. The van der Waals surface area contributed by atoms with Gasteiger partial charge in [-0.15, -0.1) is 0 Å². The fourth-order valence-corrected chi connectivity index (χ4v) is 2.02. The third-order valence-electron chi connectivity index (χ3n) is 2.66. The first-order valence-corrected chi connectivity index (χ1v) is 6.67. The number of halogens is 1. The number of hydrogen-bond donors (Lipinski definition) is 0. The third-order valence-corrected chi connectivity index (χ3v) is 3.21. The summed E-state index contributed by atoms with van der Waals surface area (Å²) in [5, 5.41) is 4.62. The number of rotatable bonds is 5. The van der Waals surface area contributed by atoms with Crippen molar-refractivity contribution in [3.05, 3.63) is 24.0 Å². The topological polar surface area (TPSA) is 53.7 Å². The number of hydrogen-bond acceptors (Lipinski definition) is 5. The van der Waals surface area contributed by atoms with Crippen LogP contribution in [-0.2, 0) is 5.33 Å². The summed E-state index contributed by atoms with van der Waals surface area (Å²) in [7, 11) is 4.76. The Balaban J connectivity index is 2.59. The quantitative estimate of drug-likeness (QED) is 0.789. The number of aromatic nitrogens is 1. The number of ether oxygens (including phenoxy) is 3. The summed E-state index contributed by atoms with van der Waals surface area (Å²) in [6.45, 7) is 0. The summed E-state index contributed by atoms with van der Waals surface area (Å²) in [6, 6.07) is 5.39. The van der Waals surface area contributed by atoms with Crippen LogP contribution >= 0.6 is 15.9 Å². The Bertz CT molecular complexity index is 543. The van der Waals surface area contributed by atoms with Crippen LogP contribution < -0.4 is 14.2 Å². The molecule has 1 heterocycles. The van der Waals surface area contributed by atoms with Gasteiger partial charge in [-0.25, -0.2) is 0 Å². The van der Waals surface area contributed by atoms with Gasteiger partial charge in [0.15, 0.2) is 0 Å². The molecule has 0 saturated heterocycles. The van der Waals surface area contributed by atoms with Crippen LogP contribution in [0.4, 0.5) is 0 Å². The molecular formula is C13H14BrNO4. The Morgan fingerprint density at radius 3 is 2.11 bits per heavy atom. The summed E-state index contributed by atoms with van der Waals surface area (Å²) in [4.78, 5) is 0. The van der Waals surface area contributed by atoms with Crippen LogP contribution in [-0.4, -0.2) is 26.5 Å². The molecule has 0 spiro atoms. The first kappa shape index (κ1) is 13.7. The molecule has 0 aliphatic heterocycles. The van der Waals surface area contributed by atoms with Gasteiger partial charge in [0.25, 0.3) is 0 Å². The van der Waals surface area contributed by atoms with Gasteiger partial charge in [-0.2, -0.15) is 0 Å². The molecule has 102 valence electrons. The molecule has 1 aromatic carbocycles. The van der Waals surface area contributed by atoms with Gasteiger partial charge in [0.1, 0.15) is 28.7 Å². The highest BCUT2D eigenvalue weighted by molar-refractivity contribution is 9.08. The lowest BCUT2D eigenvalue weighted by Crippen LogP contribution is -1.95. The third kappa shape index (κ3) is 2.68. The smallest absolute Gasteiger partial charge is 0.147 e. The highest BCUT2D eigenvalue weighted by Crippen LogP contribution is 2.41. The molecule has 1 aromatic heterocycles. The molecule has 2 rings (SSSR count). The minimum absolute atomic E-state index is 0.598. The molecule has 0 N–H and O–H groups in total. The van der Waals surface area contributed by atoms with Gasteiger partial charge in [0.05, 0.1) is 32.2 Å². The lowest BCUT2D eigenvalue weighted by Gasteiger charge is -2.13. The van der Waals surface area contributed by atoms with Crippen molar-refractivity contribution < 1.29 is 18.7 Å². The van der Waals surface area contributed by atoms with Crippen molar-refractivity contribution >= 4 is 15.9 Å². The number of alkyl halides is 1. The zero-order chi connectivity index (χ0) is 13.8. The SMILES string of the molecule is COc1cc(OC)c(-c2cc(CBr)on2)c(OC)c1. The van der Waals surface area contributed by atoms with Crippen LogP contribution in [0.1, 0.15) is 5.76 Å². The van der Waals surface area contributed by atoms with Gasteiger partial charge < -0.3 is 18.7 Å². The second-order valence-corrected chi connectivity index (χ2v) is 4.28. The van der Waals surface area contributed by atoms with E-state index in [2.05, 4.69) is 21.1 Å². The Kier molecular flexibility index (Phi) is 4.31. The van der Waals surface area contributed by atoms with Crippen LogP contribution in [0.3, 0.4) is 0 Å². The van der Waals surface area contributed by atoms with Gasteiger partial charge in [-0.1, -0.05) is 21.1 Å². The van der Waals surface area contributed by atoms with Crippen molar-refractivity contribution in [2.45, 2.75) is 5.33 Å². The molecule has 0 aliphatic carbocycles. The lowest BCUT2D eigenvalue weighted by molar-refractivity contribution is 0.374. The van der Waals surface area contributed by atoms with E-state index in [0.29, 0.717) is 28.3 Å². The maximum Gasteiger partial charge on any atom is 0.147 e. The van der Waals surface area contributed by atoms with Gasteiger partial charge in [-0.3, -0.25) is 0 Å². The van der Waals surface area contributed by atoms with Crippen LogP contribution in [0.2, 0.25) is 0 Å². The van der Waals surface area contributed by atoms with E-state index < -0.39 is 0 Å². The van der Waals surface area contributed by atoms with Crippen LogP contribution in [0.5, 0.6) is 17.2 Å². The minimum Gasteiger partial charge on any atom is -0.496 e. The first-order chi connectivity index (χ1) is 9.23. The Morgan fingerprint density at radius 1 is 1.05 bits per heavy atom. The van der Waals surface area contributed by atoms with Crippen molar-refractivity contribution in [2.75, 3.05) is 21.3 Å². The maximum atomic E-state index is 5.37. The Labute approximate surface area is 119 Å². The van der Waals surface area contributed by atoms with Gasteiger partial charge in [0.2, 0.25) is 0 Å². The summed E-state index contributed by atoms with van der Waals surface area (Å²) in [6.07, 6.45) is 0. The van der Waals surface area contributed by atoms with Crippen molar-refractivity contribution in [3.8, 4) is 28.5 Å². The summed E-state index contributed by atoms with van der Waals surface area (Å²) < 4.78 is 21.1. The Hall–Kier alpha value is -1.69. The van der Waals surface area contributed by atoms with E-state index >= 15 is 0 Å². The standard InChI is InChI=1S/C13H14BrNO4/c1-16-8-5-11(17-2)13(12(6-8)18-3)10-4-9(7-14)19-15-10/h4-6H,7H2,1-3H3. The minimum atomic E-state index is 0.598. The summed E-state index contributed by atoms with van der Waals surface area (Å²) in [5.74, 6) is 2.62.